The van der Waals surface area contributed by atoms with Crippen LogP contribution in [0.15, 0.2) is 115 Å². The van der Waals surface area contributed by atoms with E-state index >= 15 is 0 Å². The van der Waals surface area contributed by atoms with Gasteiger partial charge < -0.3 is 20.1 Å². The Balaban J connectivity index is 1.12. The molecule has 222 valence electrons. The average Bonchev–Trinajstić information content (AvgIpc) is 3.08. The molecule has 0 radical (unpaired) electrons. The molecule has 0 unspecified atom stereocenters. The van der Waals surface area contributed by atoms with Gasteiger partial charge >= 0.3 is 0 Å². The number of hydrogen-bond donors (Lipinski definition) is 2. The van der Waals surface area contributed by atoms with Gasteiger partial charge in [-0.15, -0.1) is 0 Å². The van der Waals surface area contributed by atoms with Gasteiger partial charge in [-0.05, 0) is 71.0 Å². The van der Waals surface area contributed by atoms with Crippen molar-refractivity contribution < 1.29 is 14.6 Å². The average molecular weight is 584 g/mol. The molecule has 6 heteroatoms. The summed E-state index contributed by atoms with van der Waals surface area (Å²) in [5.41, 5.74) is 6.44. The second-order valence-electron chi connectivity index (χ2n) is 11.3. The highest BCUT2D eigenvalue weighted by Crippen LogP contribution is 2.28. The molecule has 6 nitrogen and oxygen atoms in total. The first kappa shape index (κ1) is 29.3. The molecular weight excluding hydrogens is 546 g/mol. The molecule has 1 atom stereocenters. The molecule has 2 N–H and O–H groups in total. The van der Waals surface area contributed by atoms with Crippen LogP contribution in [0.25, 0.3) is 33.7 Å². The van der Waals surface area contributed by atoms with Crippen molar-refractivity contribution in [2.75, 3.05) is 26.7 Å². The third kappa shape index (κ3) is 6.88. The van der Waals surface area contributed by atoms with Gasteiger partial charge in [-0.2, -0.15) is 0 Å². The zero-order chi connectivity index (χ0) is 30.3. The van der Waals surface area contributed by atoms with Gasteiger partial charge in [0.25, 0.3) is 5.91 Å². The number of benzene rings is 4. The highest BCUT2D eigenvalue weighted by atomic mass is 16.5. The van der Waals surface area contributed by atoms with Crippen LogP contribution in [0.1, 0.15) is 35.6 Å². The number of piperidine rings is 1. The van der Waals surface area contributed by atoms with Gasteiger partial charge in [0.05, 0.1) is 18.7 Å². The number of carbonyl (C=O) groups is 1. The second-order valence-corrected chi connectivity index (χ2v) is 11.3. The first-order chi connectivity index (χ1) is 21.6. The number of aliphatic hydroxyl groups is 1. The first-order valence-electron chi connectivity index (χ1n) is 15.1. The molecule has 0 aliphatic carbocycles. The molecule has 0 saturated carbocycles. The van der Waals surface area contributed by atoms with E-state index in [1.807, 2.05) is 91.0 Å². The van der Waals surface area contributed by atoms with Crippen molar-refractivity contribution >= 4 is 28.5 Å². The predicted molar refractivity (Wildman–Crippen MR) is 177 cm³/mol. The molecule has 1 aliphatic heterocycles. The van der Waals surface area contributed by atoms with Crippen LogP contribution >= 0.6 is 0 Å². The number of fused-ring (bicyclic) bond motifs is 1. The van der Waals surface area contributed by atoms with Crippen molar-refractivity contribution in [2.24, 2.45) is 0 Å². The van der Waals surface area contributed by atoms with Crippen LogP contribution in [-0.4, -0.2) is 53.7 Å². The Morgan fingerprint density at radius 1 is 0.932 bits per heavy atom. The van der Waals surface area contributed by atoms with E-state index in [4.69, 9.17) is 4.74 Å². The molecule has 4 aromatic carbocycles. The number of nitrogens with one attached hydrogen (secondary N) is 1. The maximum atomic E-state index is 13.7. The molecule has 0 bridgehead atoms. The van der Waals surface area contributed by atoms with E-state index in [1.165, 1.54) is 0 Å². The van der Waals surface area contributed by atoms with Crippen molar-refractivity contribution in [3.8, 4) is 16.9 Å². The summed E-state index contributed by atoms with van der Waals surface area (Å²) in [5, 5.41) is 15.4. The molecule has 1 aliphatic rings. The van der Waals surface area contributed by atoms with Crippen LogP contribution in [-0.2, 0) is 4.79 Å². The summed E-state index contributed by atoms with van der Waals surface area (Å²) < 4.78 is 5.39. The third-order valence-corrected chi connectivity index (χ3v) is 8.35. The standard InChI is InChI=1S/C38H37N3O3/c1-44-32-16-17-36-35(25-32)33(18-21-39-36)37(42)26-41-22-19-31(20-23-41)40-38(43)34(24-27-8-4-2-5-9-27)30-14-12-29(13-15-30)28-10-6-3-7-11-28/h2-18,21,24-25,31,37,42H,19-20,22-23,26H2,1H3,(H,40,43)/b34-24+/t37-/m0/s1. The molecule has 5 aromatic rings. The van der Waals surface area contributed by atoms with Gasteiger partial charge in [0.2, 0.25) is 0 Å². The maximum absolute atomic E-state index is 13.7. The number of hydrogen-bond acceptors (Lipinski definition) is 5. The fraction of sp³-hybridized carbons (Fsp3) is 0.211. The fourth-order valence-corrected chi connectivity index (χ4v) is 5.90. The lowest BCUT2D eigenvalue weighted by molar-refractivity contribution is -0.116. The molecule has 0 spiro atoms. The smallest absolute Gasteiger partial charge is 0.252 e. The van der Waals surface area contributed by atoms with E-state index in [9.17, 15) is 9.90 Å². The number of methoxy groups -OCH3 is 1. The molecule has 2 heterocycles. The minimum atomic E-state index is -0.655. The van der Waals surface area contributed by atoms with Crippen LogP contribution in [0.3, 0.4) is 0 Å². The van der Waals surface area contributed by atoms with E-state index in [1.54, 1.807) is 13.3 Å². The van der Waals surface area contributed by atoms with Gasteiger partial charge in [0.1, 0.15) is 5.75 Å². The SMILES string of the molecule is COc1ccc2nccc([C@@H](O)CN3CCC(NC(=O)/C(=C/c4ccccc4)c4ccc(-c5ccccc5)cc4)CC3)c2c1. The van der Waals surface area contributed by atoms with Crippen molar-refractivity contribution in [3.05, 3.63) is 132 Å². The quantitative estimate of drug-likeness (QED) is 0.148. The van der Waals surface area contributed by atoms with E-state index in [0.717, 1.165) is 70.4 Å². The number of amides is 1. The van der Waals surface area contributed by atoms with Gasteiger partial charge in [-0.25, -0.2) is 0 Å². The molecule has 44 heavy (non-hydrogen) atoms. The van der Waals surface area contributed by atoms with Crippen molar-refractivity contribution in [1.29, 1.82) is 0 Å². The number of carbonyl (C=O) groups excluding carboxylic acids is 1. The Morgan fingerprint density at radius 3 is 2.32 bits per heavy atom. The maximum Gasteiger partial charge on any atom is 0.252 e. The number of aromatic nitrogens is 1. The van der Waals surface area contributed by atoms with E-state index in [2.05, 4.69) is 39.5 Å². The van der Waals surface area contributed by atoms with Crippen LogP contribution in [0.5, 0.6) is 5.75 Å². The van der Waals surface area contributed by atoms with Crippen LogP contribution in [0.4, 0.5) is 0 Å². The van der Waals surface area contributed by atoms with Crippen molar-refractivity contribution in [3.63, 3.8) is 0 Å². The summed E-state index contributed by atoms with van der Waals surface area (Å²) in [6.45, 7) is 2.10. The van der Waals surface area contributed by atoms with Gasteiger partial charge in [0, 0.05) is 42.8 Å². The monoisotopic (exact) mass is 583 g/mol. The van der Waals surface area contributed by atoms with Crippen LogP contribution in [0, 0.1) is 0 Å². The molecule has 1 fully saturated rings. The summed E-state index contributed by atoms with van der Waals surface area (Å²) in [6.07, 6.45) is 4.68. The third-order valence-electron chi connectivity index (χ3n) is 8.35. The number of β-amino-alcohol motifs (C(OH)–C–C–N with tert-alkyl or cyclic N) is 1. The summed E-state index contributed by atoms with van der Waals surface area (Å²) in [4.78, 5) is 20.4. The van der Waals surface area contributed by atoms with Gasteiger partial charge in [-0.3, -0.25) is 9.78 Å². The Hall–Kier alpha value is -4.78. The summed E-state index contributed by atoms with van der Waals surface area (Å²) in [6, 6.07) is 36.1. The van der Waals surface area contributed by atoms with Crippen molar-refractivity contribution in [1.82, 2.24) is 15.2 Å². The minimum absolute atomic E-state index is 0.0599. The number of rotatable bonds is 9. The lowest BCUT2D eigenvalue weighted by Crippen LogP contribution is -2.45. The molecule has 6 rings (SSSR count). The highest BCUT2D eigenvalue weighted by Gasteiger charge is 2.25. The van der Waals surface area contributed by atoms with Gasteiger partial charge in [0.15, 0.2) is 0 Å². The Bertz CT molecular complexity index is 1730. The molecular formula is C38H37N3O3. The number of aliphatic hydroxyl groups excluding tert-OH is 1. The zero-order valence-electron chi connectivity index (χ0n) is 24.9. The number of ether oxygens (including phenoxy) is 1. The Morgan fingerprint density at radius 2 is 1.61 bits per heavy atom. The lowest BCUT2D eigenvalue weighted by Gasteiger charge is -2.33. The van der Waals surface area contributed by atoms with E-state index in [-0.39, 0.29) is 11.9 Å². The largest absolute Gasteiger partial charge is 0.497 e. The lowest BCUT2D eigenvalue weighted by atomic mass is 9.97. The van der Waals surface area contributed by atoms with Crippen LogP contribution in [0.2, 0.25) is 0 Å². The normalized spacial score (nSPS) is 15.2. The zero-order valence-corrected chi connectivity index (χ0v) is 24.9. The second kappa shape index (κ2) is 13.7. The first-order valence-corrected chi connectivity index (χ1v) is 15.1. The Labute approximate surface area is 258 Å². The topological polar surface area (TPSA) is 74.7 Å². The summed E-state index contributed by atoms with van der Waals surface area (Å²) in [7, 11) is 1.64. The summed E-state index contributed by atoms with van der Waals surface area (Å²) >= 11 is 0. The number of likely N-dealkylation sites (tertiary alicyclic amines) is 1. The van der Waals surface area contributed by atoms with E-state index < -0.39 is 6.10 Å². The van der Waals surface area contributed by atoms with Crippen LogP contribution < -0.4 is 10.1 Å². The highest BCUT2D eigenvalue weighted by molar-refractivity contribution is 6.24. The minimum Gasteiger partial charge on any atom is -0.497 e. The van der Waals surface area contributed by atoms with E-state index in [0.29, 0.717) is 12.1 Å². The fourth-order valence-electron chi connectivity index (χ4n) is 5.90. The Kier molecular flexibility index (Phi) is 9.11. The molecule has 1 saturated heterocycles. The molecule has 1 aromatic heterocycles. The van der Waals surface area contributed by atoms with Crippen molar-refractivity contribution in [2.45, 2.75) is 25.0 Å². The number of pyridine rings is 1. The number of nitrogens with zero attached hydrogens (tertiary/aromatic N) is 2. The van der Waals surface area contributed by atoms with Gasteiger partial charge in [-0.1, -0.05) is 84.9 Å². The predicted octanol–water partition coefficient (Wildman–Crippen LogP) is 6.77. The molecule has 1 amide bonds. The summed E-state index contributed by atoms with van der Waals surface area (Å²) in [5.74, 6) is 0.667.